The molecule has 1 saturated heterocycles. The highest BCUT2D eigenvalue weighted by molar-refractivity contribution is 6.08. The second kappa shape index (κ2) is 8.16. The highest BCUT2D eigenvalue weighted by Crippen LogP contribution is 2.23. The largest absolute Gasteiger partial charge is 0.494 e. The van der Waals surface area contributed by atoms with E-state index in [0.29, 0.717) is 12.0 Å². The van der Waals surface area contributed by atoms with Gasteiger partial charge in [0, 0.05) is 0 Å². The number of carbonyl (C=O) groups excluding carboxylic acids is 3. The molecule has 0 bridgehead atoms. The number of nitrogens with one attached hydrogen (secondary N) is 1. The van der Waals surface area contributed by atoms with Gasteiger partial charge in [-0.25, -0.2) is 9.18 Å². The summed E-state index contributed by atoms with van der Waals surface area (Å²) in [4.78, 5) is 37.3. The topological polar surface area (TPSA) is 84.9 Å². The van der Waals surface area contributed by atoms with Gasteiger partial charge in [0.1, 0.15) is 18.7 Å². The molecule has 0 aliphatic carbocycles. The molecule has 7 nitrogen and oxygen atoms in total. The van der Waals surface area contributed by atoms with Crippen LogP contribution in [0.4, 0.5) is 9.18 Å². The number of halogens is 1. The van der Waals surface area contributed by atoms with E-state index in [4.69, 9.17) is 9.47 Å². The lowest BCUT2D eigenvalue weighted by Gasteiger charge is -2.21. The third-order valence-electron chi connectivity index (χ3n) is 4.28. The number of hydrogen-bond donors (Lipinski definition) is 1. The minimum atomic E-state index is -0.994. The van der Waals surface area contributed by atoms with Crippen molar-refractivity contribution in [1.82, 2.24) is 10.2 Å². The molecule has 1 heterocycles. The van der Waals surface area contributed by atoms with Crippen LogP contribution in [0.25, 0.3) is 0 Å². The summed E-state index contributed by atoms with van der Waals surface area (Å²) in [6, 6.07) is 3.57. The number of unbranched alkanes of at least 4 members (excludes halogenated alkanes) is 1. The summed E-state index contributed by atoms with van der Waals surface area (Å²) >= 11 is 0. The zero-order valence-corrected chi connectivity index (χ0v) is 15.1. The predicted molar refractivity (Wildman–Crippen MR) is 90.9 cm³/mol. The fourth-order valence-corrected chi connectivity index (χ4v) is 2.73. The van der Waals surface area contributed by atoms with Gasteiger partial charge in [-0.1, -0.05) is 25.8 Å². The maximum atomic E-state index is 13.6. The first kappa shape index (κ1) is 19.7. The Bertz CT molecular complexity index is 709. The molecule has 1 atom stereocenters. The van der Waals surface area contributed by atoms with E-state index in [1.54, 1.807) is 13.0 Å². The van der Waals surface area contributed by atoms with Gasteiger partial charge in [0.25, 0.3) is 5.91 Å². The number of esters is 1. The molecule has 1 N–H and O–H groups in total. The molecule has 0 saturated carbocycles. The van der Waals surface area contributed by atoms with E-state index >= 15 is 0 Å². The smallest absolute Gasteiger partial charge is 0.326 e. The van der Waals surface area contributed by atoms with Crippen molar-refractivity contribution in [3.63, 3.8) is 0 Å². The molecule has 1 fully saturated rings. The minimum Gasteiger partial charge on any atom is -0.494 e. The minimum absolute atomic E-state index is 0.0887. The summed E-state index contributed by atoms with van der Waals surface area (Å²) in [7, 11) is 1.35. The van der Waals surface area contributed by atoms with Crippen molar-refractivity contribution in [3.8, 4) is 5.75 Å². The molecule has 1 aromatic carbocycles. The molecule has 2 rings (SSSR count). The van der Waals surface area contributed by atoms with Crippen molar-refractivity contribution in [2.75, 3.05) is 13.7 Å². The number of benzene rings is 1. The standard InChI is InChI=1S/C18H23FN2O5/c1-4-5-8-18(2)16(23)21(17(24)20-18)10-15(22)26-11-12-6-7-14(25-3)13(19)9-12/h6-7,9H,4-5,8,10-11H2,1-3H3,(H,20,24)/t18-/m1/s1. The molecule has 0 spiro atoms. The van der Waals surface area contributed by atoms with Gasteiger partial charge in [-0.05, 0) is 31.0 Å². The van der Waals surface area contributed by atoms with Gasteiger partial charge in [-0.3, -0.25) is 14.5 Å². The van der Waals surface area contributed by atoms with Gasteiger partial charge in [-0.2, -0.15) is 0 Å². The quantitative estimate of drug-likeness (QED) is 0.564. The van der Waals surface area contributed by atoms with Crippen LogP contribution in [0, 0.1) is 5.82 Å². The maximum Gasteiger partial charge on any atom is 0.326 e. The number of urea groups is 1. The molecule has 1 aliphatic heterocycles. The molecule has 3 amide bonds. The molecule has 0 aromatic heterocycles. The first-order chi connectivity index (χ1) is 12.3. The van der Waals surface area contributed by atoms with Crippen molar-refractivity contribution >= 4 is 17.9 Å². The molecule has 142 valence electrons. The second-order valence-electron chi connectivity index (χ2n) is 6.39. The molecule has 1 aliphatic rings. The fraction of sp³-hybridized carbons (Fsp3) is 0.500. The monoisotopic (exact) mass is 366 g/mol. The zero-order valence-electron chi connectivity index (χ0n) is 15.1. The van der Waals surface area contributed by atoms with Gasteiger partial charge in [0.15, 0.2) is 11.6 Å². The average Bonchev–Trinajstić information content (AvgIpc) is 2.82. The number of nitrogens with zero attached hydrogens (tertiary/aromatic N) is 1. The Labute approximate surface area is 151 Å². The van der Waals surface area contributed by atoms with Crippen LogP contribution in [0.1, 0.15) is 38.7 Å². The van der Waals surface area contributed by atoms with E-state index < -0.39 is 35.8 Å². The van der Waals surface area contributed by atoms with Gasteiger partial charge >= 0.3 is 12.0 Å². The first-order valence-electron chi connectivity index (χ1n) is 8.43. The molecule has 0 radical (unpaired) electrons. The van der Waals surface area contributed by atoms with E-state index in [-0.39, 0.29) is 12.4 Å². The van der Waals surface area contributed by atoms with Crippen molar-refractivity contribution < 1.29 is 28.2 Å². The molecule has 0 unspecified atom stereocenters. The molecule has 1 aromatic rings. The van der Waals surface area contributed by atoms with E-state index in [1.807, 2.05) is 6.92 Å². The Kier molecular flexibility index (Phi) is 6.18. The predicted octanol–water partition coefficient (Wildman–Crippen LogP) is 2.38. The maximum absolute atomic E-state index is 13.6. The van der Waals surface area contributed by atoms with Gasteiger partial charge in [0.2, 0.25) is 0 Å². The molecular weight excluding hydrogens is 343 g/mol. The van der Waals surface area contributed by atoms with Crippen molar-refractivity contribution in [2.45, 2.75) is 45.3 Å². The zero-order chi connectivity index (χ0) is 19.3. The molecular formula is C18H23FN2O5. The van der Waals surface area contributed by atoms with Crippen LogP contribution in [0.3, 0.4) is 0 Å². The van der Waals surface area contributed by atoms with Crippen molar-refractivity contribution in [3.05, 3.63) is 29.6 Å². The van der Waals surface area contributed by atoms with Gasteiger partial charge in [0.05, 0.1) is 7.11 Å². The first-order valence-corrected chi connectivity index (χ1v) is 8.43. The lowest BCUT2D eigenvalue weighted by Crippen LogP contribution is -2.44. The number of imide groups is 1. The van der Waals surface area contributed by atoms with Crippen LogP contribution in [-0.4, -0.2) is 42.0 Å². The summed E-state index contributed by atoms with van der Waals surface area (Å²) in [5.41, 5.74) is -0.561. The van der Waals surface area contributed by atoms with E-state index in [1.165, 1.54) is 19.2 Å². The normalized spacial score (nSPS) is 19.5. The van der Waals surface area contributed by atoms with Crippen LogP contribution >= 0.6 is 0 Å². The summed E-state index contributed by atoms with van der Waals surface area (Å²) in [6.07, 6.45) is 2.17. The van der Waals surface area contributed by atoms with E-state index in [0.717, 1.165) is 17.7 Å². The molecule has 26 heavy (non-hydrogen) atoms. The third kappa shape index (κ3) is 4.30. The lowest BCUT2D eigenvalue weighted by molar-refractivity contribution is -0.148. The molecule has 8 heteroatoms. The van der Waals surface area contributed by atoms with Crippen LogP contribution in [-0.2, 0) is 20.9 Å². The number of rotatable bonds is 8. The van der Waals surface area contributed by atoms with Crippen LogP contribution in [0.15, 0.2) is 18.2 Å². The number of carbonyl (C=O) groups is 3. The van der Waals surface area contributed by atoms with E-state index in [9.17, 15) is 18.8 Å². The lowest BCUT2D eigenvalue weighted by atomic mass is 9.95. The van der Waals surface area contributed by atoms with Gasteiger partial charge < -0.3 is 14.8 Å². The Balaban J connectivity index is 1.92. The average molecular weight is 366 g/mol. The number of amides is 3. The highest BCUT2D eigenvalue weighted by atomic mass is 19.1. The second-order valence-corrected chi connectivity index (χ2v) is 6.39. The van der Waals surface area contributed by atoms with Gasteiger partial charge in [-0.15, -0.1) is 0 Å². The van der Waals surface area contributed by atoms with Crippen LogP contribution in [0.2, 0.25) is 0 Å². The summed E-state index contributed by atoms with van der Waals surface area (Å²) in [5, 5.41) is 2.63. The fourth-order valence-electron chi connectivity index (χ4n) is 2.73. The van der Waals surface area contributed by atoms with Crippen molar-refractivity contribution in [2.24, 2.45) is 0 Å². The third-order valence-corrected chi connectivity index (χ3v) is 4.28. The highest BCUT2D eigenvalue weighted by Gasteiger charge is 2.47. The summed E-state index contributed by atoms with van der Waals surface area (Å²) in [6.45, 7) is 2.98. The summed E-state index contributed by atoms with van der Waals surface area (Å²) < 4.78 is 23.5. The Morgan fingerprint density at radius 1 is 1.35 bits per heavy atom. The Hall–Kier alpha value is -2.64. The van der Waals surface area contributed by atoms with E-state index in [2.05, 4.69) is 5.32 Å². The number of hydrogen-bond acceptors (Lipinski definition) is 5. The Morgan fingerprint density at radius 2 is 2.08 bits per heavy atom. The number of methoxy groups -OCH3 is 1. The SMILES string of the molecule is CCCC[C@@]1(C)NC(=O)N(CC(=O)OCc2ccc(OC)c(F)c2)C1=O. The van der Waals surface area contributed by atoms with Crippen LogP contribution in [0.5, 0.6) is 5.75 Å². The van der Waals surface area contributed by atoms with Crippen molar-refractivity contribution in [1.29, 1.82) is 0 Å². The Morgan fingerprint density at radius 3 is 2.69 bits per heavy atom. The van der Waals surface area contributed by atoms with Crippen LogP contribution < -0.4 is 10.1 Å². The number of ether oxygens (including phenoxy) is 2. The summed E-state index contributed by atoms with van der Waals surface area (Å²) in [5.74, 6) is -1.67.